The van der Waals surface area contributed by atoms with Gasteiger partial charge in [-0.15, -0.1) is 0 Å². The van der Waals surface area contributed by atoms with Crippen molar-refractivity contribution in [1.29, 1.82) is 0 Å². The number of nitrogens with zero attached hydrogens (tertiary/aromatic N) is 2. The first-order valence-corrected chi connectivity index (χ1v) is 18.4. The Balaban J connectivity index is 2.28. The number of carboxylic acids is 1. The molecule has 0 aromatic heterocycles. The lowest BCUT2D eigenvalue weighted by Gasteiger charge is -2.41. The lowest BCUT2D eigenvalue weighted by molar-refractivity contribution is -0.150. The minimum absolute atomic E-state index is 0.0311. The minimum Gasteiger partial charge on any atom is -0.480 e. The molecule has 2 rings (SSSR count). The van der Waals surface area contributed by atoms with E-state index in [4.69, 9.17) is 14.2 Å². The Morgan fingerprint density at radius 1 is 1.00 bits per heavy atom. The zero-order chi connectivity index (χ0) is 39.6. The molecule has 1 aromatic carbocycles. The number of carbonyl (C=O) groups is 5. The Morgan fingerprint density at radius 3 is 2.12 bits per heavy atom. The maximum atomic E-state index is 14.1. The highest BCUT2D eigenvalue weighted by molar-refractivity contribution is 5.88. The number of likely N-dealkylation sites (tertiary alicyclic amines) is 1. The third-order valence-corrected chi connectivity index (χ3v) is 10.1. The van der Waals surface area contributed by atoms with E-state index in [2.05, 4.69) is 10.6 Å². The molecule has 0 unspecified atom stereocenters. The Kier molecular flexibility index (Phi) is 16.6. The van der Waals surface area contributed by atoms with E-state index < -0.39 is 65.4 Å². The van der Waals surface area contributed by atoms with Crippen LogP contribution >= 0.6 is 0 Å². The number of rotatable bonds is 18. The summed E-state index contributed by atoms with van der Waals surface area (Å²) in [6.07, 6.45) is -0.0171. The second kappa shape index (κ2) is 19.4. The van der Waals surface area contributed by atoms with Crippen LogP contribution in [0.5, 0.6) is 0 Å². The second-order valence-electron chi connectivity index (χ2n) is 15.7. The van der Waals surface area contributed by atoms with Gasteiger partial charge in [0, 0.05) is 34.2 Å². The van der Waals surface area contributed by atoms with E-state index in [1.54, 1.807) is 44.5 Å². The monoisotopic (exact) mass is 732 g/mol. The molecule has 1 aliphatic rings. The van der Waals surface area contributed by atoms with Gasteiger partial charge in [-0.1, -0.05) is 71.4 Å². The summed E-state index contributed by atoms with van der Waals surface area (Å²) >= 11 is 0. The fourth-order valence-corrected chi connectivity index (χ4v) is 7.04. The molecule has 13 heteroatoms. The number of carboxylic acid groups (broad SMARTS) is 1. The molecule has 8 atom stereocenters. The lowest BCUT2D eigenvalue weighted by atomic mass is 9.89. The van der Waals surface area contributed by atoms with Crippen molar-refractivity contribution in [3.63, 3.8) is 0 Å². The van der Waals surface area contributed by atoms with E-state index in [9.17, 15) is 29.1 Å². The quantitative estimate of drug-likeness (QED) is 0.195. The van der Waals surface area contributed by atoms with Crippen LogP contribution in [0.3, 0.4) is 0 Å². The van der Waals surface area contributed by atoms with Gasteiger partial charge in [-0.25, -0.2) is 9.59 Å². The highest BCUT2D eigenvalue weighted by atomic mass is 16.6. The minimum atomic E-state index is -1.56. The number of benzene rings is 1. The van der Waals surface area contributed by atoms with Crippen molar-refractivity contribution >= 4 is 29.8 Å². The predicted octanol–water partition coefficient (Wildman–Crippen LogP) is 4.66. The van der Waals surface area contributed by atoms with Gasteiger partial charge < -0.3 is 39.8 Å². The van der Waals surface area contributed by atoms with Gasteiger partial charge in [0.2, 0.25) is 17.7 Å². The van der Waals surface area contributed by atoms with Gasteiger partial charge in [-0.2, -0.15) is 0 Å². The molecule has 0 spiro atoms. The summed E-state index contributed by atoms with van der Waals surface area (Å²) in [6, 6.07) is 7.29. The first-order valence-electron chi connectivity index (χ1n) is 18.4. The molecule has 1 fully saturated rings. The smallest absolute Gasteiger partial charge is 0.408 e. The molecule has 0 radical (unpaired) electrons. The van der Waals surface area contributed by atoms with Gasteiger partial charge in [-0.05, 0) is 57.9 Å². The van der Waals surface area contributed by atoms with Crippen LogP contribution in [0.25, 0.3) is 0 Å². The molecule has 13 nitrogen and oxygen atoms in total. The van der Waals surface area contributed by atoms with Gasteiger partial charge in [0.25, 0.3) is 0 Å². The van der Waals surface area contributed by atoms with Crippen LogP contribution in [0.4, 0.5) is 4.79 Å². The van der Waals surface area contributed by atoms with Crippen LogP contribution < -0.4 is 10.6 Å². The first-order chi connectivity index (χ1) is 24.2. The number of alkyl carbamates (subject to hydrolysis) is 1. The van der Waals surface area contributed by atoms with Crippen molar-refractivity contribution in [2.24, 2.45) is 17.8 Å². The van der Waals surface area contributed by atoms with Gasteiger partial charge >= 0.3 is 12.1 Å². The summed E-state index contributed by atoms with van der Waals surface area (Å²) in [4.78, 5) is 70.1. The SMILES string of the molecule is CC[C@H](C)[C@@H]([C@@H](CC(=O)N1CCC[C@H]1[C@H](OC)[C@@H](C)C(=O)N[C@@](C)(Cc1ccccc1)C(=O)O)OC)N(C)C(=O)[C@@H](NC(=O)OC(C)(C)C)C(C)C. The number of ether oxygens (including phenoxy) is 3. The molecule has 3 N–H and O–H groups in total. The van der Waals surface area contributed by atoms with Crippen LogP contribution in [0, 0.1) is 17.8 Å². The number of hydrogen-bond donors (Lipinski definition) is 3. The molecule has 0 aliphatic carbocycles. The predicted molar refractivity (Wildman–Crippen MR) is 198 cm³/mol. The highest BCUT2D eigenvalue weighted by Crippen LogP contribution is 2.30. The number of aliphatic carboxylic acids is 1. The molecule has 0 bridgehead atoms. The third kappa shape index (κ3) is 11.9. The molecule has 1 aromatic rings. The summed E-state index contributed by atoms with van der Waals surface area (Å²) in [5.41, 5.74) is -1.53. The van der Waals surface area contributed by atoms with Crippen molar-refractivity contribution in [1.82, 2.24) is 20.4 Å². The Hall–Kier alpha value is -3.71. The van der Waals surface area contributed by atoms with Crippen LogP contribution in [0.15, 0.2) is 30.3 Å². The molecular weight excluding hydrogens is 668 g/mol. The average molecular weight is 733 g/mol. The van der Waals surface area contributed by atoms with E-state index in [0.29, 0.717) is 25.8 Å². The number of methoxy groups -OCH3 is 2. The normalized spacial score (nSPS) is 19.4. The molecule has 1 saturated heterocycles. The molecule has 1 heterocycles. The van der Waals surface area contributed by atoms with Crippen molar-refractivity contribution in [2.45, 2.75) is 136 Å². The molecule has 294 valence electrons. The van der Waals surface area contributed by atoms with Crippen LogP contribution in [-0.2, 0) is 39.8 Å². The fraction of sp³-hybridized carbons (Fsp3) is 0.718. The average Bonchev–Trinajstić information content (AvgIpc) is 3.55. The molecular formula is C39H64N4O9. The Morgan fingerprint density at radius 2 is 1.62 bits per heavy atom. The van der Waals surface area contributed by atoms with Crippen molar-refractivity contribution in [2.75, 3.05) is 27.8 Å². The van der Waals surface area contributed by atoms with E-state index in [1.165, 1.54) is 21.1 Å². The largest absolute Gasteiger partial charge is 0.480 e. The maximum Gasteiger partial charge on any atom is 0.408 e. The summed E-state index contributed by atoms with van der Waals surface area (Å²) in [5, 5.41) is 15.6. The highest BCUT2D eigenvalue weighted by Gasteiger charge is 2.44. The topological polar surface area (TPSA) is 164 Å². The Labute approximate surface area is 310 Å². The number of nitrogens with one attached hydrogen (secondary N) is 2. The van der Waals surface area contributed by atoms with Gasteiger partial charge in [-0.3, -0.25) is 14.4 Å². The molecule has 4 amide bonds. The van der Waals surface area contributed by atoms with Gasteiger partial charge in [0.05, 0.1) is 36.6 Å². The molecule has 52 heavy (non-hydrogen) atoms. The number of carbonyl (C=O) groups excluding carboxylic acids is 4. The zero-order valence-electron chi connectivity index (χ0n) is 33.4. The molecule has 0 saturated carbocycles. The summed E-state index contributed by atoms with van der Waals surface area (Å²) < 4.78 is 17.3. The van der Waals surface area contributed by atoms with Crippen LogP contribution in [0.2, 0.25) is 0 Å². The third-order valence-electron chi connectivity index (χ3n) is 10.1. The standard InChI is InChI=1S/C39H64N4O9/c1-13-25(4)32(42(10)35(46)31(24(2)3)40-37(49)52-38(6,7)8)29(50-11)22-30(44)43-21-17-20-28(43)33(51-12)26(5)34(45)41-39(9,36(47)48)23-27-18-15-14-16-19-27/h14-16,18-19,24-26,28-29,31-33H,13,17,20-23H2,1-12H3,(H,40,49)(H,41,45)(H,47,48)/t25-,26+,28-,29+,31-,32-,33+,39-/m0/s1. The summed E-state index contributed by atoms with van der Waals surface area (Å²) in [6.45, 7) is 16.6. The first kappa shape index (κ1) is 44.5. The van der Waals surface area contributed by atoms with Crippen LogP contribution in [-0.4, -0.2) is 114 Å². The summed E-state index contributed by atoms with van der Waals surface area (Å²) in [5.74, 6) is -3.26. The van der Waals surface area contributed by atoms with Crippen LogP contribution in [0.1, 0.15) is 93.6 Å². The number of hydrogen-bond acceptors (Lipinski definition) is 8. The van der Waals surface area contributed by atoms with Gasteiger partial charge in [0.15, 0.2) is 0 Å². The van der Waals surface area contributed by atoms with E-state index in [-0.39, 0.29) is 36.5 Å². The lowest BCUT2D eigenvalue weighted by Crippen LogP contribution is -2.58. The van der Waals surface area contributed by atoms with Crippen molar-refractivity contribution in [3.8, 4) is 0 Å². The van der Waals surface area contributed by atoms with Crippen molar-refractivity contribution in [3.05, 3.63) is 35.9 Å². The van der Waals surface area contributed by atoms with Gasteiger partial charge in [0.1, 0.15) is 17.2 Å². The fourth-order valence-electron chi connectivity index (χ4n) is 7.04. The van der Waals surface area contributed by atoms with E-state index >= 15 is 0 Å². The zero-order valence-corrected chi connectivity index (χ0v) is 33.4. The number of amides is 4. The second-order valence-corrected chi connectivity index (χ2v) is 15.7. The van der Waals surface area contributed by atoms with E-state index in [1.807, 2.05) is 58.0 Å². The molecule has 1 aliphatic heterocycles. The van der Waals surface area contributed by atoms with Crippen molar-refractivity contribution < 1.29 is 43.3 Å². The maximum absolute atomic E-state index is 14.1. The Bertz CT molecular complexity index is 1350. The van der Waals surface area contributed by atoms with E-state index in [0.717, 1.165) is 5.56 Å². The summed E-state index contributed by atoms with van der Waals surface area (Å²) in [7, 11) is 4.68. The number of likely N-dealkylation sites (N-methyl/N-ethyl adjacent to an activating group) is 1.